The van der Waals surface area contributed by atoms with Crippen LogP contribution in [0.2, 0.25) is 0 Å². The molecule has 2 aromatic carbocycles. The van der Waals surface area contributed by atoms with Gasteiger partial charge in [-0.1, -0.05) is 55.8 Å². The fraction of sp³-hybridized carbons (Fsp3) is 0.517. The number of hydrogen-bond donors (Lipinski definition) is 1. The van der Waals surface area contributed by atoms with Crippen LogP contribution in [0.15, 0.2) is 42.5 Å². The lowest BCUT2D eigenvalue weighted by Crippen LogP contribution is -2.50. The summed E-state index contributed by atoms with van der Waals surface area (Å²) in [6.07, 6.45) is 2.95. The molecule has 0 spiro atoms. The van der Waals surface area contributed by atoms with Crippen molar-refractivity contribution in [1.82, 2.24) is 10.2 Å². The number of rotatable bonds is 13. The van der Waals surface area contributed by atoms with Crippen LogP contribution in [0.3, 0.4) is 0 Å². The lowest BCUT2D eigenvalue weighted by molar-refractivity contribution is -0.141. The van der Waals surface area contributed by atoms with E-state index in [2.05, 4.69) is 5.32 Å². The Labute approximate surface area is 223 Å². The molecule has 2 atom stereocenters. The Kier molecular flexibility index (Phi) is 11.2. The van der Waals surface area contributed by atoms with E-state index in [1.165, 1.54) is 10.6 Å². The van der Waals surface area contributed by atoms with Crippen LogP contribution in [0.5, 0.6) is 0 Å². The Bertz CT molecular complexity index is 1180. The lowest BCUT2D eigenvalue weighted by Gasteiger charge is -2.32. The zero-order chi connectivity index (χ0) is 27.8. The van der Waals surface area contributed by atoms with Gasteiger partial charge in [0.05, 0.1) is 11.9 Å². The van der Waals surface area contributed by atoms with Crippen LogP contribution in [0.4, 0.5) is 5.69 Å². The van der Waals surface area contributed by atoms with Crippen molar-refractivity contribution in [1.29, 1.82) is 0 Å². The average molecular weight is 530 g/mol. The number of hydrogen-bond acceptors (Lipinski definition) is 4. The molecule has 204 valence electrons. The maximum atomic E-state index is 13.6. The standard InChI is InChI=1S/C29H43N3O4S/c1-8-24(6)30-29(34)26(9-2)31(20-25-13-10-12-21(3)18-25)28(33)14-11-17-32(37(7,35)36)27-19-22(4)15-16-23(27)5/h10,12-13,15-16,18-19,24,26H,8-9,11,14,17,20H2,1-7H3,(H,30,34)/t24-,26+/m1/s1. The number of nitrogens with zero attached hydrogens (tertiary/aromatic N) is 2. The van der Waals surface area contributed by atoms with Gasteiger partial charge in [0.25, 0.3) is 0 Å². The Morgan fingerprint density at radius 2 is 1.65 bits per heavy atom. The molecule has 2 amide bonds. The summed E-state index contributed by atoms with van der Waals surface area (Å²) in [5, 5.41) is 3.02. The van der Waals surface area contributed by atoms with Gasteiger partial charge >= 0.3 is 0 Å². The van der Waals surface area contributed by atoms with Gasteiger partial charge in [0, 0.05) is 25.6 Å². The van der Waals surface area contributed by atoms with Gasteiger partial charge in [0.1, 0.15) is 6.04 Å². The van der Waals surface area contributed by atoms with Crippen LogP contribution in [-0.4, -0.2) is 50.0 Å². The molecule has 0 radical (unpaired) electrons. The highest BCUT2D eigenvalue weighted by atomic mass is 32.2. The molecule has 1 N–H and O–H groups in total. The Balaban J connectivity index is 2.26. The molecule has 0 unspecified atom stereocenters. The molecular formula is C29H43N3O4S. The van der Waals surface area contributed by atoms with E-state index < -0.39 is 16.1 Å². The van der Waals surface area contributed by atoms with Crippen molar-refractivity contribution in [2.45, 2.75) is 85.9 Å². The normalized spacial score (nSPS) is 13.1. The summed E-state index contributed by atoms with van der Waals surface area (Å²) in [6.45, 7) is 12.2. The molecule has 37 heavy (non-hydrogen) atoms. The van der Waals surface area contributed by atoms with E-state index in [0.29, 0.717) is 25.1 Å². The van der Waals surface area contributed by atoms with Crippen molar-refractivity contribution in [2.24, 2.45) is 0 Å². The maximum absolute atomic E-state index is 13.6. The van der Waals surface area contributed by atoms with Crippen molar-refractivity contribution in [3.05, 3.63) is 64.7 Å². The van der Waals surface area contributed by atoms with Gasteiger partial charge in [0.2, 0.25) is 21.8 Å². The highest BCUT2D eigenvalue weighted by molar-refractivity contribution is 7.92. The predicted octanol–water partition coefficient (Wildman–Crippen LogP) is 4.88. The van der Waals surface area contributed by atoms with Gasteiger partial charge in [-0.3, -0.25) is 13.9 Å². The van der Waals surface area contributed by atoms with Crippen molar-refractivity contribution in [3.63, 3.8) is 0 Å². The minimum atomic E-state index is -3.54. The number of nitrogens with one attached hydrogen (secondary N) is 1. The van der Waals surface area contributed by atoms with Crippen molar-refractivity contribution >= 4 is 27.5 Å². The number of carbonyl (C=O) groups is 2. The number of anilines is 1. The molecule has 2 aromatic rings. The molecule has 0 heterocycles. The summed E-state index contributed by atoms with van der Waals surface area (Å²) in [6, 6.07) is 13.0. The van der Waals surface area contributed by atoms with Crippen molar-refractivity contribution in [3.8, 4) is 0 Å². The molecular weight excluding hydrogens is 486 g/mol. The summed E-state index contributed by atoms with van der Waals surface area (Å²) >= 11 is 0. The van der Waals surface area contributed by atoms with E-state index in [0.717, 1.165) is 28.7 Å². The Morgan fingerprint density at radius 1 is 0.973 bits per heavy atom. The van der Waals surface area contributed by atoms with Crippen LogP contribution in [-0.2, 0) is 26.2 Å². The Hall–Kier alpha value is -2.87. The minimum absolute atomic E-state index is 0.0124. The number of sulfonamides is 1. The summed E-state index contributed by atoms with van der Waals surface area (Å²) in [5.74, 6) is -0.326. The van der Waals surface area contributed by atoms with Crippen molar-refractivity contribution in [2.75, 3.05) is 17.1 Å². The molecule has 0 aliphatic rings. The topological polar surface area (TPSA) is 86.8 Å². The largest absolute Gasteiger partial charge is 0.352 e. The highest BCUT2D eigenvalue weighted by Crippen LogP contribution is 2.25. The number of benzene rings is 2. The molecule has 0 aliphatic carbocycles. The van der Waals surface area contributed by atoms with E-state index in [4.69, 9.17) is 0 Å². The van der Waals surface area contributed by atoms with Crippen LogP contribution in [0.1, 0.15) is 68.7 Å². The van der Waals surface area contributed by atoms with Crippen LogP contribution < -0.4 is 9.62 Å². The Morgan fingerprint density at radius 3 is 2.24 bits per heavy atom. The summed E-state index contributed by atoms with van der Waals surface area (Å²) in [5.41, 5.74) is 4.49. The quantitative estimate of drug-likeness (QED) is 0.401. The molecule has 2 rings (SSSR count). The van der Waals surface area contributed by atoms with Gasteiger partial charge in [-0.2, -0.15) is 0 Å². The van der Waals surface area contributed by atoms with Gasteiger partial charge in [-0.25, -0.2) is 8.42 Å². The fourth-order valence-corrected chi connectivity index (χ4v) is 5.35. The second kappa shape index (κ2) is 13.6. The molecule has 0 saturated heterocycles. The summed E-state index contributed by atoms with van der Waals surface area (Å²) in [7, 11) is -3.54. The van der Waals surface area contributed by atoms with Crippen LogP contribution in [0.25, 0.3) is 0 Å². The van der Waals surface area contributed by atoms with E-state index in [-0.39, 0.29) is 30.8 Å². The van der Waals surface area contributed by atoms with Crippen molar-refractivity contribution < 1.29 is 18.0 Å². The second-order valence-electron chi connectivity index (χ2n) is 9.98. The third-order valence-corrected chi connectivity index (χ3v) is 7.79. The molecule has 0 bridgehead atoms. The highest BCUT2D eigenvalue weighted by Gasteiger charge is 2.29. The molecule has 0 aliphatic heterocycles. The third kappa shape index (κ3) is 8.88. The van der Waals surface area contributed by atoms with Crippen LogP contribution in [0, 0.1) is 20.8 Å². The zero-order valence-electron chi connectivity index (χ0n) is 23.4. The first-order chi connectivity index (χ1) is 17.4. The zero-order valence-corrected chi connectivity index (χ0v) is 24.2. The van der Waals surface area contributed by atoms with E-state index >= 15 is 0 Å². The number of amides is 2. The van der Waals surface area contributed by atoms with E-state index in [1.807, 2.05) is 84.0 Å². The van der Waals surface area contributed by atoms with Gasteiger partial charge < -0.3 is 10.2 Å². The third-order valence-electron chi connectivity index (χ3n) is 6.61. The van der Waals surface area contributed by atoms with Gasteiger partial charge in [-0.05, 0) is 69.7 Å². The average Bonchev–Trinajstić information content (AvgIpc) is 2.82. The molecule has 0 saturated carbocycles. The van der Waals surface area contributed by atoms with E-state index in [1.54, 1.807) is 4.90 Å². The predicted molar refractivity (Wildman–Crippen MR) is 151 cm³/mol. The number of carbonyl (C=O) groups excluding carboxylic acids is 2. The monoisotopic (exact) mass is 529 g/mol. The number of aryl methyl sites for hydroxylation is 3. The fourth-order valence-electron chi connectivity index (χ4n) is 4.34. The molecule has 8 heteroatoms. The first-order valence-corrected chi connectivity index (χ1v) is 14.9. The lowest BCUT2D eigenvalue weighted by atomic mass is 10.1. The van der Waals surface area contributed by atoms with E-state index in [9.17, 15) is 18.0 Å². The maximum Gasteiger partial charge on any atom is 0.243 e. The SMILES string of the molecule is CC[C@@H](C)NC(=O)[C@H](CC)N(Cc1cccc(C)c1)C(=O)CCCN(c1cc(C)ccc1C)S(C)(=O)=O. The van der Waals surface area contributed by atoms with Gasteiger partial charge in [0.15, 0.2) is 0 Å². The summed E-state index contributed by atoms with van der Waals surface area (Å²) < 4.78 is 26.6. The van der Waals surface area contributed by atoms with Crippen LogP contribution >= 0.6 is 0 Å². The smallest absolute Gasteiger partial charge is 0.243 e. The minimum Gasteiger partial charge on any atom is -0.352 e. The molecule has 7 nitrogen and oxygen atoms in total. The summed E-state index contributed by atoms with van der Waals surface area (Å²) in [4.78, 5) is 28.3. The molecule has 0 fully saturated rings. The second-order valence-corrected chi connectivity index (χ2v) is 11.9. The van der Waals surface area contributed by atoms with Gasteiger partial charge in [-0.15, -0.1) is 0 Å². The molecule has 0 aromatic heterocycles. The first-order valence-electron chi connectivity index (χ1n) is 13.1. The first kappa shape index (κ1) is 30.4.